The normalized spacial score (nSPS) is 11.4. The van der Waals surface area contributed by atoms with E-state index in [9.17, 15) is 17.6 Å². The Morgan fingerprint density at radius 1 is 1.00 bits per heavy atom. The van der Waals surface area contributed by atoms with Gasteiger partial charge in [0.25, 0.3) is 0 Å². The largest absolute Gasteiger partial charge is 0.416 e. The monoisotopic (exact) mass is 284 g/mol. The summed E-state index contributed by atoms with van der Waals surface area (Å²) in [6.45, 7) is -0.0939. The van der Waals surface area contributed by atoms with Crippen LogP contribution in [0.3, 0.4) is 0 Å². The number of hydrogen-bond acceptors (Lipinski definition) is 2. The van der Waals surface area contributed by atoms with Crippen molar-refractivity contribution in [3.63, 3.8) is 0 Å². The highest BCUT2D eigenvalue weighted by molar-refractivity contribution is 5.66. The van der Waals surface area contributed by atoms with Crippen LogP contribution >= 0.6 is 0 Å². The molecular formula is C14H12F4N2. The molecule has 3 N–H and O–H groups in total. The van der Waals surface area contributed by atoms with Gasteiger partial charge in [-0.1, -0.05) is 24.3 Å². The summed E-state index contributed by atoms with van der Waals surface area (Å²) in [4.78, 5) is 0. The van der Waals surface area contributed by atoms with Crippen molar-refractivity contribution in [2.45, 2.75) is 12.7 Å². The van der Waals surface area contributed by atoms with Crippen molar-refractivity contribution in [3.8, 4) is 0 Å². The minimum atomic E-state index is -4.42. The summed E-state index contributed by atoms with van der Waals surface area (Å²) in [6.07, 6.45) is -4.42. The van der Waals surface area contributed by atoms with Crippen LogP contribution in [0.25, 0.3) is 0 Å². The van der Waals surface area contributed by atoms with Gasteiger partial charge in [-0.3, -0.25) is 0 Å². The molecule has 6 heteroatoms. The van der Waals surface area contributed by atoms with Gasteiger partial charge < -0.3 is 11.1 Å². The minimum absolute atomic E-state index is 0.0728. The summed E-state index contributed by atoms with van der Waals surface area (Å²) in [7, 11) is 0. The molecule has 0 fully saturated rings. The molecule has 0 radical (unpaired) electrons. The van der Waals surface area contributed by atoms with E-state index in [2.05, 4.69) is 5.32 Å². The second-order valence-corrected chi connectivity index (χ2v) is 4.21. The second kappa shape index (κ2) is 5.40. The lowest BCUT2D eigenvalue weighted by Gasteiger charge is -2.14. The van der Waals surface area contributed by atoms with E-state index in [1.54, 1.807) is 0 Å². The fourth-order valence-corrected chi connectivity index (χ4v) is 1.83. The lowest BCUT2D eigenvalue weighted by molar-refractivity contribution is -0.138. The number of halogens is 4. The number of nitrogen functional groups attached to an aromatic ring is 1. The summed E-state index contributed by atoms with van der Waals surface area (Å²) in [5.74, 6) is -0.612. The van der Waals surface area contributed by atoms with Gasteiger partial charge in [0.15, 0.2) is 0 Å². The van der Waals surface area contributed by atoms with E-state index in [-0.39, 0.29) is 23.5 Å². The summed E-state index contributed by atoms with van der Waals surface area (Å²) in [5, 5.41) is 2.72. The molecule has 0 atom stereocenters. The Morgan fingerprint density at radius 3 is 2.40 bits per heavy atom. The molecule has 0 aliphatic rings. The van der Waals surface area contributed by atoms with Crippen molar-refractivity contribution in [2.75, 3.05) is 11.1 Å². The first-order valence-corrected chi connectivity index (χ1v) is 5.82. The number of hydrogen-bond donors (Lipinski definition) is 2. The number of benzene rings is 2. The van der Waals surface area contributed by atoms with Crippen LogP contribution in [0.2, 0.25) is 0 Å². The zero-order chi connectivity index (χ0) is 14.8. The lowest BCUT2D eigenvalue weighted by Crippen LogP contribution is -2.12. The van der Waals surface area contributed by atoms with Crippen LogP contribution in [0.15, 0.2) is 42.5 Å². The number of anilines is 2. The Hall–Kier alpha value is -2.24. The maximum Gasteiger partial charge on any atom is 0.416 e. The predicted octanol–water partition coefficient (Wildman–Crippen LogP) is 4.04. The SMILES string of the molecule is Nc1c(F)cccc1NCc1ccccc1C(F)(F)F. The van der Waals surface area contributed by atoms with E-state index in [1.165, 1.54) is 36.4 Å². The number of alkyl halides is 3. The van der Waals surface area contributed by atoms with E-state index in [1.807, 2.05) is 0 Å². The van der Waals surface area contributed by atoms with Crippen LogP contribution in [0.5, 0.6) is 0 Å². The first-order valence-electron chi connectivity index (χ1n) is 5.82. The standard InChI is InChI=1S/C14H12F4N2/c15-11-6-3-7-12(13(11)19)20-8-9-4-1-2-5-10(9)14(16,17)18/h1-7,20H,8,19H2. The van der Waals surface area contributed by atoms with E-state index < -0.39 is 17.6 Å². The van der Waals surface area contributed by atoms with Crippen molar-refractivity contribution >= 4 is 11.4 Å². The predicted molar refractivity (Wildman–Crippen MR) is 69.6 cm³/mol. The highest BCUT2D eigenvalue weighted by Crippen LogP contribution is 2.32. The highest BCUT2D eigenvalue weighted by atomic mass is 19.4. The van der Waals surface area contributed by atoms with Crippen molar-refractivity contribution in [1.29, 1.82) is 0 Å². The van der Waals surface area contributed by atoms with Crippen LogP contribution in [0.1, 0.15) is 11.1 Å². The molecule has 0 saturated carbocycles. The Morgan fingerprint density at radius 2 is 1.70 bits per heavy atom. The zero-order valence-corrected chi connectivity index (χ0v) is 10.3. The molecule has 2 rings (SSSR count). The zero-order valence-electron chi connectivity index (χ0n) is 10.3. The molecule has 0 spiro atoms. The van der Waals surface area contributed by atoms with Gasteiger partial charge in [0.05, 0.1) is 16.9 Å². The molecule has 0 saturated heterocycles. The molecule has 0 heterocycles. The van der Waals surface area contributed by atoms with Crippen molar-refractivity contribution in [2.24, 2.45) is 0 Å². The molecular weight excluding hydrogens is 272 g/mol. The summed E-state index contributed by atoms with van der Waals surface area (Å²) in [5.41, 5.74) is 5.02. The van der Waals surface area contributed by atoms with Gasteiger partial charge in [-0.25, -0.2) is 4.39 Å². The molecule has 0 aliphatic carbocycles. The fourth-order valence-electron chi connectivity index (χ4n) is 1.83. The third-order valence-electron chi connectivity index (χ3n) is 2.84. The van der Waals surface area contributed by atoms with Crippen LogP contribution in [0, 0.1) is 5.82 Å². The number of rotatable bonds is 3. The average Bonchev–Trinajstić information content (AvgIpc) is 2.40. The maximum atomic E-state index is 13.2. The number of nitrogens with one attached hydrogen (secondary N) is 1. The molecule has 0 bridgehead atoms. The maximum absolute atomic E-state index is 13.2. The number of nitrogens with two attached hydrogens (primary N) is 1. The van der Waals surface area contributed by atoms with Gasteiger partial charge in [-0.05, 0) is 23.8 Å². The molecule has 0 unspecified atom stereocenters. The van der Waals surface area contributed by atoms with Crippen LogP contribution < -0.4 is 11.1 Å². The van der Waals surface area contributed by atoms with Crippen LogP contribution in [-0.4, -0.2) is 0 Å². The molecule has 2 aromatic rings. The van der Waals surface area contributed by atoms with E-state index in [0.717, 1.165) is 6.07 Å². The molecule has 2 aromatic carbocycles. The number of para-hydroxylation sites is 1. The van der Waals surface area contributed by atoms with Gasteiger partial charge in [-0.15, -0.1) is 0 Å². The highest BCUT2D eigenvalue weighted by Gasteiger charge is 2.32. The molecule has 20 heavy (non-hydrogen) atoms. The van der Waals surface area contributed by atoms with Crippen molar-refractivity contribution in [1.82, 2.24) is 0 Å². The van der Waals surface area contributed by atoms with E-state index in [0.29, 0.717) is 0 Å². The van der Waals surface area contributed by atoms with Gasteiger partial charge in [-0.2, -0.15) is 13.2 Å². The third kappa shape index (κ3) is 3.01. The lowest BCUT2D eigenvalue weighted by atomic mass is 10.1. The first-order chi connectivity index (χ1) is 9.39. The average molecular weight is 284 g/mol. The second-order valence-electron chi connectivity index (χ2n) is 4.21. The Bertz CT molecular complexity index is 608. The van der Waals surface area contributed by atoms with E-state index in [4.69, 9.17) is 5.73 Å². The van der Waals surface area contributed by atoms with E-state index >= 15 is 0 Å². The van der Waals surface area contributed by atoms with Crippen LogP contribution in [0.4, 0.5) is 28.9 Å². The molecule has 2 nitrogen and oxygen atoms in total. The van der Waals surface area contributed by atoms with Gasteiger partial charge in [0.1, 0.15) is 5.82 Å². The van der Waals surface area contributed by atoms with Gasteiger partial charge in [0, 0.05) is 6.54 Å². The van der Waals surface area contributed by atoms with Gasteiger partial charge >= 0.3 is 6.18 Å². The molecule has 0 aliphatic heterocycles. The third-order valence-corrected chi connectivity index (χ3v) is 2.84. The fraction of sp³-hybridized carbons (Fsp3) is 0.143. The first kappa shape index (κ1) is 14.2. The van der Waals surface area contributed by atoms with Gasteiger partial charge in [0.2, 0.25) is 0 Å². The van der Waals surface area contributed by atoms with Crippen molar-refractivity contribution < 1.29 is 17.6 Å². The smallest absolute Gasteiger partial charge is 0.395 e. The Balaban J connectivity index is 2.22. The molecule has 0 aromatic heterocycles. The summed E-state index contributed by atoms with van der Waals surface area (Å²) >= 11 is 0. The minimum Gasteiger partial charge on any atom is -0.395 e. The summed E-state index contributed by atoms with van der Waals surface area (Å²) in [6, 6.07) is 9.34. The topological polar surface area (TPSA) is 38.0 Å². The Labute approximate surface area is 113 Å². The quantitative estimate of drug-likeness (QED) is 0.659. The molecule has 0 amide bonds. The Kier molecular flexibility index (Phi) is 3.83. The summed E-state index contributed by atoms with van der Waals surface area (Å²) < 4.78 is 51.6. The molecule has 106 valence electrons. The van der Waals surface area contributed by atoms with Crippen LogP contribution in [-0.2, 0) is 12.7 Å². The van der Waals surface area contributed by atoms with Crippen molar-refractivity contribution in [3.05, 3.63) is 59.4 Å².